The number of benzene rings is 1. The molecule has 174 valence electrons. The maximum absolute atomic E-state index is 12.6. The van der Waals surface area contributed by atoms with Crippen LogP contribution in [0.4, 0.5) is 4.79 Å². The molecule has 1 N–H and O–H groups in total. The molecule has 34 heavy (non-hydrogen) atoms. The van der Waals surface area contributed by atoms with Gasteiger partial charge in [-0.1, -0.05) is 15.9 Å². The van der Waals surface area contributed by atoms with Gasteiger partial charge in [0.25, 0.3) is 0 Å². The largest absolute Gasteiger partial charge is 0.444 e. The molecule has 0 saturated carbocycles. The molecule has 1 aliphatic rings. The average molecular weight is 522 g/mol. The first kappa shape index (κ1) is 22.4. The summed E-state index contributed by atoms with van der Waals surface area (Å²) in [7, 11) is 0. The van der Waals surface area contributed by atoms with E-state index in [1.54, 1.807) is 29.7 Å². The summed E-state index contributed by atoms with van der Waals surface area (Å²) in [5.74, 6) is 1.22. The summed E-state index contributed by atoms with van der Waals surface area (Å²) in [5, 5.41) is 0. The fourth-order valence-corrected chi connectivity index (χ4v) is 4.28. The Bertz CT molecular complexity index is 1350. The molecule has 4 heterocycles. The Morgan fingerprint density at radius 2 is 1.88 bits per heavy atom. The zero-order valence-electron chi connectivity index (χ0n) is 19.1. The lowest BCUT2D eigenvalue weighted by Crippen LogP contribution is -2.36. The van der Waals surface area contributed by atoms with Gasteiger partial charge in [-0.3, -0.25) is 9.88 Å². The number of likely N-dealkylation sites (tertiary alicyclic amines) is 1. The first-order chi connectivity index (χ1) is 16.3. The molecule has 9 nitrogen and oxygen atoms in total. The SMILES string of the molecule is CC(C)(C)OC(=O)N1CCCC1c1ncc(-c2cnc(-c3cnc4cc(Br)ccc4n3)nc2)[nH]1. The van der Waals surface area contributed by atoms with Gasteiger partial charge >= 0.3 is 6.09 Å². The van der Waals surface area contributed by atoms with Gasteiger partial charge in [-0.2, -0.15) is 0 Å². The lowest BCUT2D eigenvalue weighted by Gasteiger charge is -2.27. The maximum atomic E-state index is 12.6. The molecule has 0 aliphatic carbocycles. The zero-order valence-corrected chi connectivity index (χ0v) is 20.7. The molecule has 1 atom stereocenters. The molecule has 0 bridgehead atoms. The minimum absolute atomic E-state index is 0.142. The second-order valence-corrected chi connectivity index (χ2v) is 10.1. The number of amides is 1. The summed E-state index contributed by atoms with van der Waals surface area (Å²) in [6.45, 7) is 6.25. The molecule has 5 rings (SSSR count). The van der Waals surface area contributed by atoms with E-state index in [2.05, 4.69) is 45.8 Å². The van der Waals surface area contributed by atoms with Crippen molar-refractivity contribution in [2.45, 2.75) is 45.3 Å². The van der Waals surface area contributed by atoms with E-state index >= 15 is 0 Å². The highest BCUT2D eigenvalue weighted by atomic mass is 79.9. The smallest absolute Gasteiger partial charge is 0.410 e. The number of carbonyl (C=O) groups is 1. The number of H-pyrrole nitrogens is 1. The summed E-state index contributed by atoms with van der Waals surface area (Å²) in [6.07, 6.45) is 8.29. The molecule has 3 aromatic heterocycles. The fourth-order valence-electron chi connectivity index (χ4n) is 3.93. The van der Waals surface area contributed by atoms with E-state index in [0.717, 1.165) is 45.4 Å². The number of nitrogens with zero attached hydrogens (tertiary/aromatic N) is 6. The van der Waals surface area contributed by atoms with Crippen molar-refractivity contribution < 1.29 is 9.53 Å². The van der Waals surface area contributed by atoms with E-state index in [0.29, 0.717) is 18.1 Å². The van der Waals surface area contributed by atoms with Crippen LogP contribution in [0.5, 0.6) is 0 Å². The highest BCUT2D eigenvalue weighted by molar-refractivity contribution is 9.10. The molecule has 1 aromatic carbocycles. The Kier molecular flexibility index (Phi) is 5.76. The number of fused-ring (bicyclic) bond motifs is 1. The van der Waals surface area contributed by atoms with E-state index in [-0.39, 0.29) is 12.1 Å². The van der Waals surface area contributed by atoms with Gasteiger partial charge in [0.2, 0.25) is 0 Å². The standard InChI is InChI=1S/C24H24BrN7O2/c1-24(2,3)34-23(33)32-8-4-5-20(32)22-29-12-18(31-22)14-10-27-21(28-11-14)19-13-26-17-9-15(25)6-7-16(17)30-19/h6-7,9-13,20H,4-5,8H2,1-3H3,(H,29,31). The van der Waals surface area contributed by atoms with Crippen LogP contribution in [0.3, 0.4) is 0 Å². The summed E-state index contributed by atoms with van der Waals surface area (Å²) in [5.41, 5.74) is 3.22. The maximum Gasteiger partial charge on any atom is 0.410 e. The van der Waals surface area contributed by atoms with Crippen LogP contribution in [-0.4, -0.2) is 53.0 Å². The number of ether oxygens (including phenoxy) is 1. The van der Waals surface area contributed by atoms with Gasteiger partial charge in [-0.15, -0.1) is 0 Å². The van der Waals surface area contributed by atoms with Gasteiger partial charge in [-0.25, -0.2) is 24.7 Å². The number of halogens is 1. The Morgan fingerprint density at radius 1 is 1.09 bits per heavy atom. The van der Waals surface area contributed by atoms with Crippen LogP contribution in [0, 0.1) is 0 Å². The predicted molar refractivity (Wildman–Crippen MR) is 131 cm³/mol. The Morgan fingerprint density at radius 3 is 2.65 bits per heavy atom. The lowest BCUT2D eigenvalue weighted by molar-refractivity contribution is 0.0218. The number of aromatic nitrogens is 6. The third kappa shape index (κ3) is 4.63. The van der Waals surface area contributed by atoms with Crippen molar-refractivity contribution in [1.29, 1.82) is 0 Å². The van der Waals surface area contributed by atoms with Crippen molar-refractivity contribution >= 4 is 33.1 Å². The van der Waals surface area contributed by atoms with Crippen LogP contribution in [0.1, 0.15) is 45.5 Å². The molecule has 0 radical (unpaired) electrons. The van der Waals surface area contributed by atoms with Gasteiger partial charge < -0.3 is 9.72 Å². The van der Waals surface area contributed by atoms with E-state index in [1.165, 1.54) is 0 Å². The minimum Gasteiger partial charge on any atom is -0.444 e. The van der Waals surface area contributed by atoms with Crippen molar-refractivity contribution in [1.82, 2.24) is 34.8 Å². The van der Waals surface area contributed by atoms with Crippen molar-refractivity contribution in [2.24, 2.45) is 0 Å². The summed E-state index contributed by atoms with van der Waals surface area (Å²) in [4.78, 5) is 40.3. The van der Waals surface area contributed by atoms with Crippen molar-refractivity contribution in [3.8, 4) is 22.8 Å². The molecular formula is C24H24BrN7O2. The summed E-state index contributed by atoms with van der Waals surface area (Å²) in [6, 6.07) is 5.60. The highest BCUT2D eigenvalue weighted by Gasteiger charge is 2.34. The van der Waals surface area contributed by atoms with Crippen LogP contribution in [0.15, 0.2) is 47.5 Å². The molecular weight excluding hydrogens is 498 g/mol. The van der Waals surface area contributed by atoms with Gasteiger partial charge in [0.1, 0.15) is 17.1 Å². The average Bonchev–Trinajstić information content (AvgIpc) is 3.47. The Balaban J connectivity index is 1.34. The van der Waals surface area contributed by atoms with Gasteiger partial charge in [0, 0.05) is 29.0 Å². The molecule has 1 amide bonds. The first-order valence-corrected chi connectivity index (χ1v) is 11.9. The van der Waals surface area contributed by atoms with Crippen LogP contribution in [0.2, 0.25) is 0 Å². The summed E-state index contributed by atoms with van der Waals surface area (Å²) >= 11 is 3.44. The Hall–Kier alpha value is -3.40. The monoisotopic (exact) mass is 521 g/mol. The number of nitrogens with one attached hydrogen (secondary N) is 1. The third-order valence-corrected chi connectivity index (χ3v) is 5.98. The van der Waals surface area contributed by atoms with Crippen LogP contribution >= 0.6 is 15.9 Å². The number of rotatable bonds is 3. The van der Waals surface area contributed by atoms with Crippen LogP contribution in [-0.2, 0) is 4.74 Å². The van der Waals surface area contributed by atoms with Gasteiger partial charge in [-0.05, 0) is 51.8 Å². The Labute approximate surface area is 205 Å². The number of imidazole rings is 1. The molecule has 10 heteroatoms. The van der Waals surface area contributed by atoms with Crippen molar-refractivity contribution in [2.75, 3.05) is 6.54 Å². The van der Waals surface area contributed by atoms with E-state index < -0.39 is 5.60 Å². The first-order valence-electron chi connectivity index (χ1n) is 11.1. The third-order valence-electron chi connectivity index (χ3n) is 5.49. The zero-order chi connectivity index (χ0) is 23.9. The van der Waals surface area contributed by atoms with Gasteiger partial charge in [0.05, 0.1) is 35.2 Å². The van der Waals surface area contributed by atoms with Crippen LogP contribution in [0.25, 0.3) is 33.8 Å². The second kappa shape index (κ2) is 8.75. The molecule has 0 spiro atoms. The topological polar surface area (TPSA) is 110 Å². The number of hydrogen-bond acceptors (Lipinski definition) is 7. The highest BCUT2D eigenvalue weighted by Crippen LogP contribution is 2.32. The summed E-state index contributed by atoms with van der Waals surface area (Å²) < 4.78 is 6.52. The minimum atomic E-state index is -0.538. The fraction of sp³-hybridized carbons (Fsp3) is 0.333. The molecule has 1 aliphatic heterocycles. The second-order valence-electron chi connectivity index (χ2n) is 9.20. The molecule has 1 unspecified atom stereocenters. The van der Waals surface area contributed by atoms with E-state index in [9.17, 15) is 4.79 Å². The molecule has 1 saturated heterocycles. The van der Waals surface area contributed by atoms with E-state index in [1.807, 2.05) is 39.0 Å². The predicted octanol–water partition coefficient (Wildman–Crippen LogP) is 5.31. The molecule has 1 fully saturated rings. The number of hydrogen-bond donors (Lipinski definition) is 1. The number of aromatic amines is 1. The van der Waals surface area contributed by atoms with Crippen molar-refractivity contribution in [3.05, 3.63) is 53.3 Å². The lowest BCUT2D eigenvalue weighted by atomic mass is 10.2. The van der Waals surface area contributed by atoms with Gasteiger partial charge in [0.15, 0.2) is 5.82 Å². The normalized spacial score (nSPS) is 16.2. The quantitative estimate of drug-likeness (QED) is 0.388. The molecule has 4 aromatic rings. The number of carbonyl (C=O) groups excluding carboxylic acids is 1. The van der Waals surface area contributed by atoms with E-state index in [4.69, 9.17) is 4.74 Å². The van der Waals surface area contributed by atoms with Crippen molar-refractivity contribution in [3.63, 3.8) is 0 Å². The van der Waals surface area contributed by atoms with Crippen LogP contribution < -0.4 is 0 Å².